The Hall–Kier alpha value is -3.56. The number of hydrogen-bond acceptors (Lipinski definition) is 7. The molecule has 0 aliphatic carbocycles. The van der Waals surface area contributed by atoms with Crippen molar-refractivity contribution in [3.63, 3.8) is 0 Å². The zero-order chi connectivity index (χ0) is 25.0. The van der Waals surface area contributed by atoms with Gasteiger partial charge in [0, 0.05) is 32.7 Å². The summed E-state index contributed by atoms with van der Waals surface area (Å²) in [5.41, 5.74) is 0.401. The van der Waals surface area contributed by atoms with E-state index in [9.17, 15) is 14.4 Å². The van der Waals surface area contributed by atoms with Crippen LogP contribution in [0, 0.1) is 0 Å². The standard InChI is InChI=1S/C25H33N5O5/c1-25(2,3)35-24(33)29-14-12-28(13-15-29)18-9-10-21(26-17-18)27-22(31)19-7-4-5-11-30(19)23(32)20-8-6-16-34-20/h6,8-10,16-17,19H,4-5,7,11-15H2,1-3H3,(H,26,27,31). The molecule has 0 saturated carbocycles. The monoisotopic (exact) mass is 483 g/mol. The molecule has 10 nitrogen and oxygen atoms in total. The third-order valence-corrected chi connectivity index (χ3v) is 6.09. The Morgan fingerprint density at radius 3 is 2.46 bits per heavy atom. The second-order valence-corrected chi connectivity index (χ2v) is 9.83. The van der Waals surface area contributed by atoms with Crippen LogP contribution in [0.1, 0.15) is 50.6 Å². The molecule has 2 aromatic heterocycles. The van der Waals surface area contributed by atoms with Gasteiger partial charge < -0.3 is 29.2 Å². The van der Waals surface area contributed by atoms with Gasteiger partial charge in [-0.1, -0.05) is 0 Å². The molecule has 0 spiro atoms. The molecule has 1 unspecified atom stereocenters. The van der Waals surface area contributed by atoms with E-state index >= 15 is 0 Å². The number of carbonyl (C=O) groups is 3. The van der Waals surface area contributed by atoms with Gasteiger partial charge in [-0.05, 0) is 64.3 Å². The maximum Gasteiger partial charge on any atom is 0.410 e. The van der Waals surface area contributed by atoms with Crippen molar-refractivity contribution in [1.29, 1.82) is 0 Å². The van der Waals surface area contributed by atoms with Gasteiger partial charge in [-0.15, -0.1) is 0 Å². The van der Waals surface area contributed by atoms with Gasteiger partial charge >= 0.3 is 6.09 Å². The Morgan fingerprint density at radius 1 is 1.06 bits per heavy atom. The van der Waals surface area contributed by atoms with E-state index in [2.05, 4.69) is 15.2 Å². The number of ether oxygens (including phenoxy) is 1. The molecule has 2 aromatic rings. The van der Waals surface area contributed by atoms with Crippen LogP contribution in [0.2, 0.25) is 0 Å². The molecule has 2 aliphatic heterocycles. The highest BCUT2D eigenvalue weighted by Gasteiger charge is 2.34. The van der Waals surface area contributed by atoms with Crippen molar-refractivity contribution < 1.29 is 23.5 Å². The minimum atomic E-state index is -0.566. The minimum Gasteiger partial charge on any atom is -0.459 e. The molecule has 4 heterocycles. The van der Waals surface area contributed by atoms with E-state index in [1.54, 1.807) is 34.2 Å². The number of piperidine rings is 1. The number of pyridine rings is 1. The van der Waals surface area contributed by atoms with E-state index in [0.29, 0.717) is 45.0 Å². The van der Waals surface area contributed by atoms with E-state index in [0.717, 1.165) is 18.5 Å². The van der Waals surface area contributed by atoms with Crippen LogP contribution in [0.5, 0.6) is 0 Å². The molecule has 0 aromatic carbocycles. The highest BCUT2D eigenvalue weighted by atomic mass is 16.6. The summed E-state index contributed by atoms with van der Waals surface area (Å²) in [4.78, 5) is 47.9. The second-order valence-electron chi connectivity index (χ2n) is 9.83. The molecular formula is C25H33N5O5. The average molecular weight is 484 g/mol. The van der Waals surface area contributed by atoms with E-state index in [4.69, 9.17) is 9.15 Å². The van der Waals surface area contributed by atoms with Gasteiger partial charge in [0.2, 0.25) is 5.91 Å². The van der Waals surface area contributed by atoms with Crippen LogP contribution < -0.4 is 10.2 Å². The normalized spacial score (nSPS) is 18.8. The van der Waals surface area contributed by atoms with E-state index in [-0.39, 0.29) is 23.7 Å². The van der Waals surface area contributed by atoms with Crippen molar-refractivity contribution >= 4 is 29.4 Å². The van der Waals surface area contributed by atoms with Crippen LogP contribution in [0.25, 0.3) is 0 Å². The lowest BCUT2D eigenvalue weighted by Crippen LogP contribution is -2.50. The lowest BCUT2D eigenvalue weighted by molar-refractivity contribution is -0.121. The van der Waals surface area contributed by atoms with Crippen molar-refractivity contribution in [2.24, 2.45) is 0 Å². The van der Waals surface area contributed by atoms with Crippen LogP contribution >= 0.6 is 0 Å². The van der Waals surface area contributed by atoms with Crippen molar-refractivity contribution in [3.05, 3.63) is 42.5 Å². The SMILES string of the molecule is CC(C)(C)OC(=O)N1CCN(c2ccc(NC(=O)C3CCCCN3C(=O)c3ccco3)nc2)CC1. The van der Waals surface area contributed by atoms with E-state index in [1.165, 1.54) is 6.26 Å². The van der Waals surface area contributed by atoms with Crippen molar-refractivity contribution in [2.75, 3.05) is 42.9 Å². The summed E-state index contributed by atoms with van der Waals surface area (Å²) in [6.07, 6.45) is 5.20. The number of likely N-dealkylation sites (tertiary alicyclic amines) is 1. The topological polar surface area (TPSA) is 108 Å². The van der Waals surface area contributed by atoms with Gasteiger partial charge in [0.1, 0.15) is 17.5 Å². The quantitative estimate of drug-likeness (QED) is 0.710. The Balaban J connectivity index is 1.32. The third kappa shape index (κ3) is 6.12. The summed E-state index contributed by atoms with van der Waals surface area (Å²) in [5.74, 6) is 0.139. The number of hydrogen-bond donors (Lipinski definition) is 1. The first kappa shape index (κ1) is 24.6. The van der Waals surface area contributed by atoms with Gasteiger partial charge in [0.15, 0.2) is 5.76 Å². The third-order valence-electron chi connectivity index (χ3n) is 6.09. The smallest absolute Gasteiger partial charge is 0.410 e. The van der Waals surface area contributed by atoms with Crippen LogP contribution in [0.4, 0.5) is 16.3 Å². The molecule has 10 heteroatoms. The van der Waals surface area contributed by atoms with Crippen LogP contribution in [-0.4, -0.2) is 77.1 Å². The lowest BCUT2D eigenvalue weighted by atomic mass is 10.0. The summed E-state index contributed by atoms with van der Waals surface area (Å²) in [7, 11) is 0. The zero-order valence-electron chi connectivity index (χ0n) is 20.5. The zero-order valence-corrected chi connectivity index (χ0v) is 20.5. The maximum atomic E-state index is 13.0. The summed E-state index contributed by atoms with van der Waals surface area (Å²) in [6, 6.07) is 6.37. The van der Waals surface area contributed by atoms with Crippen LogP contribution in [0.15, 0.2) is 41.1 Å². The largest absolute Gasteiger partial charge is 0.459 e. The number of nitrogens with zero attached hydrogens (tertiary/aromatic N) is 4. The summed E-state index contributed by atoms with van der Waals surface area (Å²) < 4.78 is 10.7. The molecule has 3 amide bonds. The molecule has 4 rings (SSSR count). The number of carbonyl (C=O) groups excluding carboxylic acids is 3. The molecule has 35 heavy (non-hydrogen) atoms. The predicted octanol–water partition coefficient (Wildman–Crippen LogP) is 3.37. The molecule has 1 N–H and O–H groups in total. The fraction of sp³-hybridized carbons (Fsp3) is 0.520. The number of nitrogens with one attached hydrogen (secondary N) is 1. The lowest BCUT2D eigenvalue weighted by Gasteiger charge is -2.36. The van der Waals surface area contributed by atoms with E-state index < -0.39 is 11.6 Å². The number of furan rings is 1. The second kappa shape index (κ2) is 10.4. The van der Waals surface area contributed by atoms with Crippen molar-refractivity contribution in [3.8, 4) is 0 Å². The first-order valence-corrected chi connectivity index (χ1v) is 12.1. The number of aromatic nitrogens is 1. The maximum absolute atomic E-state index is 13.0. The first-order valence-electron chi connectivity index (χ1n) is 12.1. The van der Waals surface area contributed by atoms with Gasteiger partial charge in [-0.3, -0.25) is 9.59 Å². The molecule has 188 valence electrons. The van der Waals surface area contributed by atoms with Crippen LogP contribution in [-0.2, 0) is 9.53 Å². The molecule has 2 saturated heterocycles. The average Bonchev–Trinajstić information content (AvgIpc) is 3.38. The fourth-order valence-corrected chi connectivity index (χ4v) is 4.32. The number of piperazine rings is 1. The van der Waals surface area contributed by atoms with Gasteiger partial charge in [-0.25, -0.2) is 9.78 Å². The molecule has 0 radical (unpaired) electrons. The Kier molecular flexibility index (Phi) is 7.28. The molecule has 0 bridgehead atoms. The summed E-state index contributed by atoms with van der Waals surface area (Å²) in [5, 5.41) is 2.85. The minimum absolute atomic E-state index is 0.235. The molecular weight excluding hydrogens is 450 g/mol. The van der Waals surface area contributed by atoms with Crippen molar-refractivity contribution in [2.45, 2.75) is 51.7 Å². The van der Waals surface area contributed by atoms with E-state index in [1.807, 2.05) is 26.8 Å². The Labute approximate surface area is 205 Å². The van der Waals surface area contributed by atoms with Gasteiger partial charge in [0.25, 0.3) is 5.91 Å². The summed E-state index contributed by atoms with van der Waals surface area (Å²) in [6.45, 7) is 8.54. The molecule has 2 fully saturated rings. The number of anilines is 2. The fourth-order valence-electron chi connectivity index (χ4n) is 4.32. The molecule has 2 aliphatic rings. The van der Waals surface area contributed by atoms with Crippen LogP contribution in [0.3, 0.4) is 0 Å². The number of rotatable bonds is 4. The molecule has 1 atom stereocenters. The first-order chi connectivity index (χ1) is 16.7. The van der Waals surface area contributed by atoms with Gasteiger partial charge in [0.05, 0.1) is 18.1 Å². The Morgan fingerprint density at radius 2 is 1.83 bits per heavy atom. The number of amides is 3. The Bertz CT molecular complexity index is 1020. The predicted molar refractivity (Wildman–Crippen MR) is 130 cm³/mol. The van der Waals surface area contributed by atoms with Gasteiger partial charge in [-0.2, -0.15) is 0 Å². The summed E-state index contributed by atoms with van der Waals surface area (Å²) >= 11 is 0. The highest BCUT2D eigenvalue weighted by molar-refractivity contribution is 5.99. The van der Waals surface area contributed by atoms with Crippen molar-refractivity contribution in [1.82, 2.24) is 14.8 Å². The highest BCUT2D eigenvalue weighted by Crippen LogP contribution is 2.23.